The molecule has 1 N–H and O–H groups in total. The van der Waals surface area contributed by atoms with Gasteiger partial charge in [-0.3, -0.25) is 9.69 Å². The molecular formula is C14H26N2O2. The lowest BCUT2D eigenvalue weighted by molar-refractivity contribution is -0.123. The summed E-state index contributed by atoms with van der Waals surface area (Å²) in [4.78, 5) is 14.3. The van der Waals surface area contributed by atoms with Crippen molar-refractivity contribution in [2.24, 2.45) is 0 Å². The third-order valence-electron chi connectivity index (χ3n) is 4.12. The maximum atomic E-state index is 11.9. The normalized spacial score (nSPS) is 29.4. The number of piperidine rings is 1. The number of nitrogens with one attached hydrogen (secondary N) is 1. The van der Waals surface area contributed by atoms with Crippen LogP contribution in [0.5, 0.6) is 0 Å². The fourth-order valence-corrected chi connectivity index (χ4v) is 3.00. The summed E-state index contributed by atoms with van der Waals surface area (Å²) in [5, 5.41) is 3.01. The molecule has 2 unspecified atom stereocenters. The fraction of sp³-hybridized carbons (Fsp3) is 0.929. The zero-order valence-corrected chi connectivity index (χ0v) is 11.5. The molecule has 2 atom stereocenters. The molecule has 2 aliphatic heterocycles. The second kappa shape index (κ2) is 7.10. The Morgan fingerprint density at radius 1 is 1.33 bits per heavy atom. The first-order chi connectivity index (χ1) is 8.79. The van der Waals surface area contributed by atoms with E-state index < -0.39 is 0 Å². The van der Waals surface area contributed by atoms with Gasteiger partial charge >= 0.3 is 0 Å². The highest BCUT2D eigenvalue weighted by atomic mass is 16.5. The molecule has 0 aliphatic carbocycles. The van der Waals surface area contributed by atoms with Gasteiger partial charge in [0.2, 0.25) is 5.91 Å². The standard InChI is InChI=1S/C14H26N2O2/c1-2-12-6-3-4-8-16(12)11-14(17)15-10-13-7-5-9-18-13/h12-13H,2-11H2,1H3,(H,15,17). The summed E-state index contributed by atoms with van der Waals surface area (Å²) in [6.45, 7) is 5.39. The van der Waals surface area contributed by atoms with Gasteiger partial charge in [-0.05, 0) is 38.6 Å². The molecule has 2 saturated heterocycles. The number of carbonyl (C=O) groups excluding carboxylic acids is 1. The number of nitrogens with zero attached hydrogens (tertiary/aromatic N) is 1. The summed E-state index contributed by atoms with van der Waals surface area (Å²) in [7, 11) is 0. The molecule has 0 aromatic rings. The van der Waals surface area contributed by atoms with Crippen LogP contribution in [0.1, 0.15) is 45.4 Å². The second-order valence-electron chi connectivity index (χ2n) is 5.47. The largest absolute Gasteiger partial charge is 0.376 e. The van der Waals surface area contributed by atoms with E-state index >= 15 is 0 Å². The molecule has 4 nitrogen and oxygen atoms in total. The van der Waals surface area contributed by atoms with Gasteiger partial charge < -0.3 is 10.1 Å². The highest BCUT2D eigenvalue weighted by Gasteiger charge is 2.23. The number of likely N-dealkylation sites (tertiary alicyclic amines) is 1. The molecule has 104 valence electrons. The summed E-state index contributed by atoms with van der Waals surface area (Å²) in [6, 6.07) is 0.604. The summed E-state index contributed by atoms with van der Waals surface area (Å²) in [5.41, 5.74) is 0. The van der Waals surface area contributed by atoms with Gasteiger partial charge in [0.25, 0.3) is 0 Å². The van der Waals surface area contributed by atoms with Crippen LogP contribution in [0.25, 0.3) is 0 Å². The molecule has 2 rings (SSSR count). The van der Waals surface area contributed by atoms with Crippen LogP contribution in [0.2, 0.25) is 0 Å². The summed E-state index contributed by atoms with van der Waals surface area (Å²) >= 11 is 0. The lowest BCUT2D eigenvalue weighted by Crippen LogP contribution is -2.46. The topological polar surface area (TPSA) is 41.6 Å². The van der Waals surface area contributed by atoms with Gasteiger partial charge in [0.1, 0.15) is 0 Å². The zero-order valence-electron chi connectivity index (χ0n) is 11.5. The molecule has 0 radical (unpaired) electrons. The van der Waals surface area contributed by atoms with Gasteiger partial charge in [-0.2, -0.15) is 0 Å². The molecular weight excluding hydrogens is 228 g/mol. The van der Waals surface area contributed by atoms with Crippen molar-refractivity contribution in [1.82, 2.24) is 10.2 Å². The molecule has 0 bridgehead atoms. The molecule has 4 heteroatoms. The van der Waals surface area contributed by atoms with E-state index in [9.17, 15) is 4.79 Å². The Morgan fingerprint density at radius 3 is 2.94 bits per heavy atom. The van der Waals surface area contributed by atoms with Crippen LogP contribution in [0.15, 0.2) is 0 Å². The van der Waals surface area contributed by atoms with E-state index in [4.69, 9.17) is 4.74 Å². The van der Waals surface area contributed by atoms with Crippen molar-refractivity contribution in [3.63, 3.8) is 0 Å². The Hall–Kier alpha value is -0.610. The minimum absolute atomic E-state index is 0.158. The first-order valence-corrected chi connectivity index (χ1v) is 7.42. The molecule has 2 heterocycles. The first-order valence-electron chi connectivity index (χ1n) is 7.42. The Kier molecular flexibility index (Phi) is 5.45. The summed E-state index contributed by atoms with van der Waals surface area (Å²) < 4.78 is 5.51. The van der Waals surface area contributed by atoms with Gasteiger partial charge in [0.05, 0.1) is 12.6 Å². The average molecular weight is 254 g/mol. The average Bonchev–Trinajstić information content (AvgIpc) is 2.90. The third-order valence-corrected chi connectivity index (χ3v) is 4.12. The van der Waals surface area contributed by atoms with Crippen LogP contribution in [0, 0.1) is 0 Å². The van der Waals surface area contributed by atoms with Crippen molar-refractivity contribution in [2.75, 3.05) is 26.2 Å². The Labute approximate surface area is 110 Å². The lowest BCUT2D eigenvalue weighted by atomic mass is 10.0. The van der Waals surface area contributed by atoms with E-state index in [-0.39, 0.29) is 12.0 Å². The maximum Gasteiger partial charge on any atom is 0.234 e. The molecule has 0 spiro atoms. The first kappa shape index (κ1) is 13.8. The van der Waals surface area contributed by atoms with E-state index in [1.165, 1.54) is 19.3 Å². The van der Waals surface area contributed by atoms with Gasteiger partial charge in [0.15, 0.2) is 0 Å². The van der Waals surface area contributed by atoms with Crippen molar-refractivity contribution in [3.05, 3.63) is 0 Å². The molecule has 0 saturated carbocycles. The molecule has 0 aromatic heterocycles. The number of carbonyl (C=O) groups is 1. The van der Waals surface area contributed by atoms with Crippen LogP contribution >= 0.6 is 0 Å². The number of hydrogen-bond acceptors (Lipinski definition) is 3. The van der Waals surface area contributed by atoms with Gasteiger partial charge in [0, 0.05) is 19.2 Å². The Balaban J connectivity index is 1.68. The van der Waals surface area contributed by atoms with E-state index in [1.54, 1.807) is 0 Å². The minimum atomic E-state index is 0.158. The van der Waals surface area contributed by atoms with E-state index in [0.717, 1.165) is 32.4 Å². The van der Waals surface area contributed by atoms with Crippen molar-refractivity contribution >= 4 is 5.91 Å². The van der Waals surface area contributed by atoms with E-state index in [2.05, 4.69) is 17.1 Å². The third kappa shape index (κ3) is 3.95. The second-order valence-corrected chi connectivity index (χ2v) is 5.47. The molecule has 2 fully saturated rings. The quantitative estimate of drug-likeness (QED) is 0.809. The van der Waals surface area contributed by atoms with Gasteiger partial charge in [-0.1, -0.05) is 13.3 Å². The van der Waals surface area contributed by atoms with Crippen molar-refractivity contribution < 1.29 is 9.53 Å². The van der Waals surface area contributed by atoms with Crippen LogP contribution < -0.4 is 5.32 Å². The molecule has 1 amide bonds. The van der Waals surface area contributed by atoms with Crippen molar-refractivity contribution in [3.8, 4) is 0 Å². The van der Waals surface area contributed by atoms with Crippen LogP contribution in [0.3, 0.4) is 0 Å². The number of rotatable bonds is 5. The zero-order chi connectivity index (χ0) is 12.8. The number of ether oxygens (including phenoxy) is 1. The van der Waals surface area contributed by atoms with Gasteiger partial charge in [-0.25, -0.2) is 0 Å². The van der Waals surface area contributed by atoms with Gasteiger partial charge in [-0.15, -0.1) is 0 Å². The van der Waals surface area contributed by atoms with E-state index in [1.807, 2.05) is 0 Å². The highest BCUT2D eigenvalue weighted by molar-refractivity contribution is 5.78. The van der Waals surface area contributed by atoms with E-state index in [0.29, 0.717) is 19.1 Å². The predicted molar refractivity (Wildman–Crippen MR) is 71.5 cm³/mol. The predicted octanol–water partition coefficient (Wildman–Crippen LogP) is 1.55. The summed E-state index contributed by atoms with van der Waals surface area (Å²) in [6.07, 6.45) is 7.40. The number of hydrogen-bond donors (Lipinski definition) is 1. The van der Waals surface area contributed by atoms with Crippen LogP contribution in [0.4, 0.5) is 0 Å². The fourth-order valence-electron chi connectivity index (χ4n) is 3.00. The van der Waals surface area contributed by atoms with Crippen LogP contribution in [-0.4, -0.2) is 49.2 Å². The Bertz CT molecular complexity index is 265. The Morgan fingerprint density at radius 2 is 2.22 bits per heavy atom. The summed E-state index contributed by atoms with van der Waals surface area (Å²) in [5.74, 6) is 0.158. The number of amides is 1. The van der Waals surface area contributed by atoms with Crippen molar-refractivity contribution in [1.29, 1.82) is 0 Å². The lowest BCUT2D eigenvalue weighted by Gasteiger charge is -2.34. The monoisotopic (exact) mass is 254 g/mol. The molecule has 2 aliphatic rings. The van der Waals surface area contributed by atoms with Crippen molar-refractivity contribution in [2.45, 2.75) is 57.6 Å². The molecule has 0 aromatic carbocycles. The smallest absolute Gasteiger partial charge is 0.234 e. The van der Waals surface area contributed by atoms with Crippen LogP contribution in [-0.2, 0) is 9.53 Å². The highest BCUT2D eigenvalue weighted by Crippen LogP contribution is 2.18. The molecule has 18 heavy (non-hydrogen) atoms. The maximum absolute atomic E-state index is 11.9. The minimum Gasteiger partial charge on any atom is -0.376 e. The SMILES string of the molecule is CCC1CCCCN1CC(=O)NCC1CCCO1.